The normalized spacial score (nSPS) is 21.7. The van der Waals surface area contributed by atoms with Gasteiger partial charge < -0.3 is 14.4 Å². The molecule has 1 aliphatic heterocycles. The van der Waals surface area contributed by atoms with E-state index in [-0.39, 0.29) is 6.10 Å². The van der Waals surface area contributed by atoms with Crippen LogP contribution in [-0.4, -0.2) is 33.5 Å². The molecule has 1 N–H and O–H groups in total. The van der Waals surface area contributed by atoms with Crippen LogP contribution in [0, 0.1) is 0 Å². The van der Waals surface area contributed by atoms with Crippen LogP contribution in [0.2, 0.25) is 0 Å². The highest BCUT2D eigenvalue weighted by molar-refractivity contribution is 5.75. The number of para-hydroxylation sites is 2. The lowest BCUT2D eigenvalue weighted by molar-refractivity contribution is -0.0618. The van der Waals surface area contributed by atoms with Gasteiger partial charge >= 0.3 is 0 Å². The fourth-order valence-corrected chi connectivity index (χ4v) is 2.77. The first kappa shape index (κ1) is 12.6. The molecule has 1 fully saturated rings. The fourth-order valence-electron chi connectivity index (χ4n) is 2.77. The van der Waals surface area contributed by atoms with Crippen LogP contribution >= 0.6 is 0 Å². The minimum Gasteiger partial charge on any atom is -0.390 e. The van der Waals surface area contributed by atoms with Crippen molar-refractivity contribution < 1.29 is 9.84 Å². The van der Waals surface area contributed by atoms with Crippen molar-refractivity contribution in [2.24, 2.45) is 7.05 Å². The van der Waals surface area contributed by atoms with Crippen LogP contribution in [0.5, 0.6) is 0 Å². The molecule has 0 bridgehead atoms. The van der Waals surface area contributed by atoms with Gasteiger partial charge in [-0.25, -0.2) is 4.98 Å². The average Bonchev–Trinajstić information content (AvgIpc) is 2.77. The second-order valence-electron chi connectivity index (χ2n) is 5.25. The first-order chi connectivity index (χ1) is 9.25. The number of aryl methyl sites for hydroxylation is 1. The van der Waals surface area contributed by atoms with Crippen molar-refractivity contribution in [3.8, 4) is 0 Å². The van der Waals surface area contributed by atoms with Crippen molar-refractivity contribution in [2.75, 3.05) is 6.61 Å². The lowest BCUT2D eigenvalue weighted by atomic mass is 10.0. The summed E-state index contributed by atoms with van der Waals surface area (Å²) in [7, 11) is 2.00. The van der Waals surface area contributed by atoms with Gasteiger partial charge in [-0.3, -0.25) is 0 Å². The zero-order valence-corrected chi connectivity index (χ0v) is 11.2. The third-order valence-electron chi connectivity index (χ3n) is 3.92. The van der Waals surface area contributed by atoms with Crippen molar-refractivity contribution in [1.82, 2.24) is 9.55 Å². The average molecular weight is 260 g/mol. The number of nitrogens with zero attached hydrogens (tertiary/aromatic N) is 2. The highest BCUT2D eigenvalue weighted by Gasteiger charge is 2.24. The largest absolute Gasteiger partial charge is 0.390 e. The van der Waals surface area contributed by atoms with Crippen molar-refractivity contribution >= 4 is 11.0 Å². The summed E-state index contributed by atoms with van der Waals surface area (Å²) >= 11 is 0. The SMILES string of the molecule is Cn1c(CC(O)C2CCCCO2)nc2ccccc21. The summed E-state index contributed by atoms with van der Waals surface area (Å²) in [5, 5.41) is 10.3. The topological polar surface area (TPSA) is 47.3 Å². The van der Waals surface area contributed by atoms with Gasteiger partial charge in [0.05, 0.1) is 23.2 Å². The maximum Gasteiger partial charge on any atom is 0.112 e. The number of hydrogen-bond donors (Lipinski definition) is 1. The molecule has 19 heavy (non-hydrogen) atoms. The van der Waals surface area contributed by atoms with E-state index in [1.54, 1.807) is 0 Å². The van der Waals surface area contributed by atoms with E-state index in [4.69, 9.17) is 4.74 Å². The first-order valence-corrected chi connectivity index (χ1v) is 6.95. The molecule has 4 heteroatoms. The summed E-state index contributed by atoms with van der Waals surface area (Å²) in [6, 6.07) is 8.05. The summed E-state index contributed by atoms with van der Waals surface area (Å²) in [5.41, 5.74) is 2.09. The van der Waals surface area contributed by atoms with Crippen LogP contribution in [0.4, 0.5) is 0 Å². The number of aromatic nitrogens is 2. The molecule has 1 aliphatic rings. The monoisotopic (exact) mass is 260 g/mol. The Morgan fingerprint density at radius 3 is 3.00 bits per heavy atom. The summed E-state index contributed by atoms with van der Waals surface area (Å²) in [5.74, 6) is 0.919. The summed E-state index contributed by atoms with van der Waals surface area (Å²) in [4.78, 5) is 4.59. The Bertz CT molecular complexity index is 558. The van der Waals surface area contributed by atoms with Crippen LogP contribution in [-0.2, 0) is 18.2 Å². The van der Waals surface area contributed by atoms with E-state index in [0.29, 0.717) is 6.42 Å². The maximum atomic E-state index is 10.3. The zero-order chi connectivity index (χ0) is 13.2. The predicted octanol–water partition coefficient (Wildman–Crippen LogP) is 2.05. The molecular weight excluding hydrogens is 240 g/mol. The Hall–Kier alpha value is -1.39. The third kappa shape index (κ3) is 2.51. The van der Waals surface area contributed by atoms with Crippen molar-refractivity contribution in [3.63, 3.8) is 0 Å². The predicted molar refractivity (Wildman–Crippen MR) is 74.0 cm³/mol. The van der Waals surface area contributed by atoms with Crippen molar-refractivity contribution in [3.05, 3.63) is 30.1 Å². The van der Waals surface area contributed by atoms with E-state index >= 15 is 0 Å². The Kier molecular flexibility index (Phi) is 3.53. The maximum absolute atomic E-state index is 10.3. The highest BCUT2D eigenvalue weighted by Crippen LogP contribution is 2.20. The minimum atomic E-state index is -0.462. The van der Waals surface area contributed by atoms with Crippen molar-refractivity contribution in [1.29, 1.82) is 0 Å². The number of ether oxygens (including phenoxy) is 1. The molecule has 0 radical (unpaired) electrons. The van der Waals surface area contributed by atoms with E-state index in [1.807, 2.05) is 25.2 Å². The number of hydrogen-bond acceptors (Lipinski definition) is 3. The molecular formula is C15H20N2O2. The Morgan fingerprint density at radius 2 is 2.26 bits per heavy atom. The number of aliphatic hydroxyl groups is 1. The molecule has 3 rings (SSSR count). The molecule has 0 spiro atoms. The molecule has 1 saturated heterocycles. The fraction of sp³-hybridized carbons (Fsp3) is 0.533. The molecule has 2 atom stereocenters. The van der Waals surface area contributed by atoms with Crippen molar-refractivity contribution in [2.45, 2.75) is 37.9 Å². The number of rotatable bonds is 3. The molecule has 0 saturated carbocycles. The lowest BCUT2D eigenvalue weighted by Gasteiger charge is -2.26. The second kappa shape index (κ2) is 5.31. The molecule has 0 amide bonds. The quantitative estimate of drug-likeness (QED) is 0.918. The second-order valence-corrected chi connectivity index (χ2v) is 5.25. The van der Waals surface area contributed by atoms with Crippen LogP contribution < -0.4 is 0 Å². The van der Waals surface area contributed by atoms with Gasteiger partial charge in [0, 0.05) is 20.1 Å². The zero-order valence-electron chi connectivity index (χ0n) is 11.2. The number of aliphatic hydroxyl groups excluding tert-OH is 1. The van der Waals surface area contributed by atoms with Gasteiger partial charge in [0.15, 0.2) is 0 Å². The van der Waals surface area contributed by atoms with Crippen LogP contribution in [0.25, 0.3) is 11.0 Å². The number of benzene rings is 1. The summed E-state index contributed by atoms with van der Waals surface area (Å²) in [6.07, 6.45) is 3.25. The van der Waals surface area contributed by atoms with Gasteiger partial charge in [0.25, 0.3) is 0 Å². The molecule has 102 valence electrons. The van der Waals surface area contributed by atoms with Crippen LogP contribution in [0.3, 0.4) is 0 Å². The van der Waals surface area contributed by atoms with E-state index in [2.05, 4.69) is 15.6 Å². The standard InChI is InChI=1S/C15H20N2O2/c1-17-12-7-3-2-6-11(12)16-15(17)10-13(18)14-8-4-5-9-19-14/h2-3,6-7,13-14,18H,4-5,8-10H2,1H3. The first-order valence-electron chi connectivity index (χ1n) is 6.95. The summed E-state index contributed by atoms with van der Waals surface area (Å²) in [6.45, 7) is 0.768. The van der Waals surface area contributed by atoms with E-state index in [9.17, 15) is 5.11 Å². The lowest BCUT2D eigenvalue weighted by Crippen LogP contribution is -2.34. The number of imidazole rings is 1. The molecule has 2 unspecified atom stereocenters. The van der Waals surface area contributed by atoms with Gasteiger partial charge in [0.1, 0.15) is 5.82 Å². The Balaban J connectivity index is 1.78. The third-order valence-corrected chi connectivity index (χ3v) is 3.92. The molecule has 1 aromatic carbocycles. The highest BCUT2D eigenvalue weighted by atomic mass is 16.5. The molecule has 0 aliphatic carbocycles. The van der Waals surface area contributed by atoms with Gasteiger partial charge in [0.2, 0.25) is 0 Å². The van der Waals surface area contributed by atoms with E-state index < -0.39 is 6.10 Å². The summed E-state index contributed by atoms with van der Waals surface area (Å²) < 4.78 is 7.70. The van der Waals surface area contributed by atoms with Crippen LogP contribution in [0.15, 0.2) is 24.3 Å². The molecule has 2 heterocycles. The smallest absolute Gasteiger partial charge is 0.112 e. The van der Waals surface area contributed by atoms with Gasteiger partial charge in [-0.05, 0) is 31.4 Å². The van der Waals surface area contributed by atoms with Gasteiger partial charge in [-0.15, -0.1) is 0 Å². The Morgan fingerprint density at radius 1 is 1.42 bits per heavy atom. The van der Waals surface area contributed by atoms with Gasteiger partial charge in [-0.2, -0.15) is 0 Å². The molecule has 1 aromatic heterocycles. The van der Waals surface area contributed by atoms with E-state index in [1.165, 1.54) is 0 Å². The van der Waals surface area contributed by atoms with Gasteiger partial charge in [-0.1, -0.05) is 12.1 Å². The molecule has 4 nitrogen and oxygen atoms in total. The Labute approximate surface area is 113 Å². The number of fused-ring (bicyclic) bond motifs is 1. The minimum absolute atomic E-state index is 0.0337. The van der Waals surface area contributed by atoms with E-state index in [0.717, 1.165) is 42.7 Å². The molecule has 2 aromatic rings. The van der Waals surface area contributed by atoms with Crippen LogP contribution in [0.1, 0.15) is 25.1 Å².